The molecule has 1 atom stereocenters. The van der Waals surface area contributed by atoms with Gasteiger partial charge >= 0.3 is 0 Å². The van der Waals surface area contributed by atoms with Crippen molar-refractivity contribution in [2.45, 2.75) is 25.6 Å². The van der Waals surface area contributed by atoms with E-state index in [0.29, 0.717) is 5.84 Å². The summed E-state index contributed by atoms with van der Waals surface area (Å²) in [5.41, 5.74) is 14.7. The van der Waals surface area contributed by atoms with Crippen molar-refractivity contribution in [3.8, 4) is 12.3 Å². The van der Waals surface area contributed by atoms with E-state index in [4.69, 9.17) is 17.9 Å². The summed E-state index contributed by atoms with van der Waals surface area (Å²) in [6.45, 7) is 2.10. The zero-order valence-corrected chi connectivity index (χ0v) is 11.0. The lowest BCUT2D eigenvalue weighted by Crippen LogP contribution is -2.51. The van der Waals surface area contributed by atoms with Gasteiger partial charge in [-0.05, 0) is 24.6 Å². The summed E-state index contributed by atoms with van der Waals surface area (Å²) in [7, 11) is 0. The second-order valence-electron chi connectivity index (χ2n) is 4.57. The van der Waals surface area contributed by atoms with E-state index in [1.165, 1.54) is 0 Å². The molecule has 0 amide bonds. The van der Waals surface area contributed by atoms with Crippen molar-refractivity contribution in [2.24, 2.45) is 16.5 Å². The monoisotopic (exact) mass is 254 g/mol. The van der Waals surface area contributed by atoms with Crippen LogP contribution in [0.15, 0.2) is 41.0 Å². The first-order valence-electron chi connectivity index (χ1n) is 6.27. The molecule has 2 rings (SSSR count). The van der Waals surface area contributed by atoms with Crippen LogP contribution in [0.4, 0.5) is 0 Å². The van der Waals surface area contributed by atoms with Gasteiger partial charge in [-0.15, -0.1) is 6.42 Å². The summed E-state index contributed by atoms with van der Waals surface area (Å²) >= 11 is 0. The minimum atomic E-state index is -1.05. The maximum absolute atomic E-state index is 6.33. The third-order valence-corrected chi connectivity index (χ3v) is 2.97. The van der Waals surface area contributed by atoms with Crippen molar-refractivity contribution < 1.29 is 0 Å². The van der Waals surface area contributed by atoms with Crippen LogP contribution in [0, 0.1) is 12.3 Å². The number of allylic oxidation sites excluding steroid dienone is 1. The third-order valence-electron chi connectivity index (χ3n) is 2.97. The molecule has 0 bridgehead atoms. The van der Waals surface area contributed by atoms with E-state index in [-0.39, 0.29) is 0 Å². The smallest absolute Gasteiger partial charge is 0.211 e. The maximum Gasteiger partial charge on any atom is 0.211 e. The number of amidine groups is 1. The fraction of sp³-hybridized carbons (Fsp3) is 0.267. The molecule has 4 heteroatoms. The zero-order chi connectivity index (χ0) is 13.9. The van der Waals surface area contributed by atoms with Gasteiger partial charge in [0, 0.05) is 16.8 Å². The highest BCUT2D eigenvalue weighted by Crippen LogP contribution is 2.23. The number of nitrogens with one attached hydrogen (secondary N) is 1. The minimum Gasteiger partial charge on any atom is -0.384 e. The predicted molar refractivity (Wildman–Crippen MR) is 78.0 cm³/mol. The highest BCUT2D eigenvalue weighted by Gasteiger charge is 2.30. The van der Waals surface area contributed by atoms with Crippen LogP contribution >= 0.6 is 0 Å². The normalized spacial score (nSPS) is 21.9. The largest absolute Gasteiger partial charge is 0.384 e. The van der Waals surface area contributed by atoms with Gasteiger partial charge in [0.15, 0.2) is 0 Å². The van der Waals surface area contributed by atoms with Crippen molar-refractivity contribution in [3.63, 3.8) is 0 Å². The number of benzene rings is 1. The molecule has 4 nitrogen and oxygen atoms in total. The Morgan fingerprint density at radius 3 is 2.95 bits per heavy atom. The zero-order valence-electron chi connectivity index (χ0n) is 11.0. The number of nitrogens with zero attached hydrogens (tertiary/aromatic N) is 1. The highest BCUT2D eigenvalue weighted by atomic mass is 15.3. The first-order chi connectivity index (χ1) is 9.07. The van der Waals surface area contributed by atoms with Crippen LogP contribution in [0.5, 0.6) is 0 Å². The van der Waals surface area contributed by atoms with E-state index in [1.54, 1.807) is 0 Å². The van der Waals surface area contributed by atoms with Gasteiger partial charge in [-0.1, -0.05) is 31.4 Å². The molecule has 0 aliphatic carbocycles. The summed E-state index contributed by atoms with van der Waals surface area (Å²) in [6, 6.07) is 7.45. The molecular weight excluding hydrogens is 236 g/mol. The number of hydrogen-bond acceptors (Lipinski definition) is 4. The van der Waals surface area contributed by atoms with Crippen molar-refractivity contribution in [1.82, 2.24) is 5.32 Å². The van der Waals surface area contributed by atoms with Gasteiger partial charge in [0.2, 0.25) is 5.79 Å². The number of nitrogens with two attached hydrogens (primary N) is 2. The topological polar surface area (TPSA) is 76.4 Å². The predicted octanol–water partition coefficient (Wildman–Crippen LogP) is 1.38. The van der Waals surface area contributed by atoms with Crippen LogP contribution in [0.1, 0.15) is 30.9 Å². The summed E-state index contributed by atoms with van der Waals surface area (Å²) < 4.78 is 0. The van der Waals surface area contributed by atoms with E-state index in [2.05, 4.69) is 23.2 Å². The number of hydrogen-bond donors (Lipinski definition) is 3. The van der Waals surface area contributed by atoms with Gasteiger partial charge in [-0.25, -0.2) is 4.99 Å². The van der Waals surface area contributed by atoms with E-state index >= 15 is 0 Å². The van der Waals surface area contributed by atoms with Gasteiger partial charge in [-0.3, -0.25) is 5.73 Å². The molecular formula is C15H18N4. The molecule has 1 heterocycles. The minimum absolute atomic E-state index is 0.427. The molecule has 5 N–H and O–H groups in total. The lowest BCUT2D eigenvalue weighted by atomic mass is 10.0. The molecule has 98 valence electrons. The van der Waals surface area contributed by atoms with Crippen LogP contribution in [0.2, 0.25) is 0 Å². The molecule has 0 saturated carbocycles. The van der Waals surface area contributed by atoms with Gasteiger partial charge in [0.05, 0.1) is 0 Å². The quantitative estimate of drug-likeness (QED) is 0.713. The van der Waals surface area contributed by atoms with Crippen molar-refractivity contribution in [1.29, 1.82) is 0 Å². The van der Waals surface area contributed by atoms with Gasteiger partial charge in [0.25, 0.3) is 0 Å². The van der Waals surface area contributed by atoms with Crippen molar-refractivity contribution >= 4 is 5.84 Å². The first-order valence-corrected chi connectivity index (χ1v) is 6.27. The second kappa shape index (κ2) is 5.17. The number of terminal acetylenes is 1. The summed E-state index contributed by atoms with van der Waals surface area (Å²) in [4.78, 5) is 4.31. The van der Waals surface area contributed by atoms with Gasteiger partial charge in [-0.2, -0.15) is 0 Å². The lowest BCUT2D eigenvalue weighted by molar-refractivity contribution is 0.386. The Labute approximate surface area is 113 Å². The Balaban J connectivity index is 2.38. The molecule has 1 aromatic carbocycles. The molecule has 0 radical (unpaired) electrons. The average molecular weight is 254 g/mol. The van der Waals surface area contributed by atoms with Gasteiger partial charge < -0.3 is 11.1 Å². The van der Waals surface area contributed by atoms with Crippen LogP contribution in [-0.4, -0.2) is 5.84 Å². The lowest BCUT2D eigenvalue weighted by Gasteiger charge is -2.32. The van der Waals surface area contributed by atoms with Crippen LogP contribution in [0.25, 0.3) is 0 Å². The standard InChI is InChI=1S/C15H18N4/c1-3-6-13-10-14(16)19-15(17,18-13)12-8-5-7-11(4-2)9-12/h2,5,7-10,18H,3,6,17H2,1H3,(H2,16,19). The molecule has 0 spiro atoms. The highest BCUT2D eigenvalue weighted by molar-refractivity contribution is 5.93. The van der Waals surface area contributed by atoms with Crippen molar-refractivity contribution in [3.05, 3.63) is 47.2 Å². The summed E-state index contributed by atoms with van der Waals surface area (Å²) in [5.74, 6) is 1.97. The summed E-state index contributed by atoms with van der Waals surface area (Å²) in [6.07, 6.45) is 9.12. The van der Waals surface area contributed by atoms with E-state index in [0.717, 1.165) is 29.7 Å². The Hall–Kier alpha value is -2.25. The van der Waals surface area contributed by atoms with E-state index in [1.807, 2.05) is 30.3 Å². The maximum atomic E-state index is 6.33. The fourth-order valence-corrected chi connectivity index (χ4v) is 2.11. The molecule has 0 aromatic heterocycles. The molecule has 1 aliphatic heterocycles. The summed E-state index contributed by atoms with van der Waals surface area (Å²) in [5, 5.41) is 3.23. The van der Waals surface area contributed by atoms with E-state index in [9.17, 15) is 0 Å². The Morgan fingerprint density at radius 2 is 2.26 bits per heavy atom. The second-order valence-corrected chi connectivity index (χ2v) is 4.57. The number of rotatable bonds is 3. The first kappa shape index (κ1) is 13.2. The van der Waals surface area contributed by atoms with E-state index < -0.39 is 5.79 Å². The molecule has 0 fully saturated rings. The molecule has 19 heavy (non-hydrogen) atoms. The van der Waals surface area contributed by atoms with Crippen LogP contribution < -0.4 is 16.8 Å². The average Bonchev–Trinajstić information content (AvgIpc) is 2.38. The van der Waals surface area contributed by atoms with Crippen molar-refractivity contribution in [2.75, 3.05) is 0 Å². The van der Waals surface area contributed by atoms with Crippen LogP contribution in [0.3, 0.4) is 0 Å². The third kappa shape index (κ3) is 2.78. The molecule has 1 unspecified atom stereocenters. The van der Waals surface area contributed by atoms with Crippen LogP contribution in [-0.2, 0) is 5.79 Å². The molecule has 1 aliphatic rings. The van der Waals surface area contributed by atoms with Gasteiger partial charge in [0.1, 0.15) is 5.84 Å². The Kier molecular flexibility index (Phi) is 3.59. The fourth-order valence-electron chi connectivity index (χ4n) is 2.11. The SMILES string of the molecule is C#Cc1cccc(C2(N)N=C(N)C=C(CCC)N2)c1. The Morgan fingerprint density at radius 1 is 1.47 bits per heavy atom. The molecule has 1 aromatic rings. The number of aliphatic imine (C=N–C) groups is 1. The Bertz CT molecular complexity index is 580. The molecule has 0 saturated heterocycles.